The number of rotatable bonds is 2. The first-order valence-electron chi connectivity index (χ1n) is 3.60. The minimum atomic E-state index is 0.0318. The van der Waals surface area contributed by atoms with Crippen LogP contribution in [0.1, 0.15) is 20.8 Å². The molecule has 2 nitrogen and oxygen atoms in total. The lowest BCUT2D eigenvalue weighted by Crippen LogP contribution is -2.08. The van der Waals surface area contributed by atoms with Gasteiger partial charge in [-0.25, -0.2) is 4.99 Å². The van der Waals surface area contributed by atoms with Crippen molar-refractivity contribution in [3.8, 4) is 0 Å². The van der Waals surface area contributed by atoms with Gasteiger partial charge in [-0.1, -0.05) is 33.4 Å². The number of hydrogen-bond donors (Lipinski definition) is 1. The largest absolute Gasteiger partial charge is 0.390 e. The van der Waals surface area contributed by atoms with Crippen LogP contribution in [0.25, 0.3) is 0 Å². The summed E-state index contributed by atoms with van der Waals surface area (Å²) in [6.07, 6.45) is 4.89. The van der Waals surface area contributed by atoms with E-state index in [-0.39, 0.29) is 5.41 Å². The fourth-order valence-corrected chi connectivity index (χ4v) is 0.679. The van der Waals surface area contributed by atoms with E-state index in [1.165, 1.54) is 6.34 Å². The molecule has 0 radical (unpaired) electrons. The van der Waals surface area contributed by atoms with Crippen LogP contribution in [0.5, 0.6) is 0 Å². The van der Waals surface area contributed by atoms with Gasteiger partial charge in [0, 0.05) is 11.1 Å². The lowest BCUT2D eigenvalue weighted by molar-refractivity contribution is 0.499. The Morgan fingerprint density at radius 1 is 1.45 bits per heavy atom. The van der Waals surface area contributed by atoms with Crippen molar-refractivity contribution in [2.45, 2.75) is 20.8 Å². The lowest BCUT2D eigenvalue weighted by atomic mass is 9.92. The SMILES string of the molecule is C=C/C=C(\N=C/N)C(C)(C)C. The molecule has 2 N–H and O–H groups in total. The molecule has 0 aliphatic carbocycles. The fourth-order valence-electron chi connectivity index (χ4n) is 0.679. The van der Waals surface area contributed by atoms with E-state index in [1.807, 2.05) is 6.08 Å². The lowest BCUT2D eigenvalue weighted by Gasteiger charge is -2.18. The molecule has 62 valence electrons. The maximum Gasteiger partial charge on any atom is 0.0856 e. The third kappa shape index (κ3) is 3.61. The van der Waals surface area contributed by atoms with Crippen LogP contribution in [0.3, 0.4) is 0 Å². The first kappa shape index (κ1) is 9.95. The molecule has 2 heteroatoms. The summed E-state index contributed by atoms with van der Waals surface area (Å²) in [5, 5.41) is 0. The number of nitrogens with two attached hydrogens (primary N) is 1. The summed E-state index contributed by atoms with van der Waals surface area (Å²) in [6, 6.07) is 0. The van der Waals surface area contributed by atoms with Gasteiger partial charge in [0.1, 0.15) is 0 Å². The van der Waals surface area contributed by atoms with Crippen LogP contribution in [0, 0.1) is 5.41 Å². The standard InChI is InChI=1S/C9H16N2/c1-5-6-8(11-7-10)9(2,3)4/h5-7H,1H2,2-4H3,(H2,10,11)/b8-6-. The molecule has 0 aromatic heterocycles. The maximum absolute atomic E-state index is 5.19. The molecule has 0 amide bonds. The molecule has 11 heavy (non-hydrogen) atoms. The third-order valence-electron chi connectivity index (χ3n) is 1.26. The van der Waals surface area contributed by atoms with E-state index in [2.05, 4.69) is 32.3 Å². The normalized spacial score (nSPS) is 13.9. The second-order valence-corrected chi connectivity index (χ2v) is 3.32. The van der Waals surface area contributed by atoms with Crippen LogP contribution in [-0.2, 0) is 0 Å². The van der Waals surface area contributed by atoms with Crippen molar-refractivity contribution >= 4 is 6.34 Å². The Morgan fingerprint density at radius 3 is 2.27 bits per heavy atom. The van der Waals surface area contributed by atoms with Gasteiger partial charge in [-0.05, 0) is 6.08 Å². The Kier molecular flexibility index (Phi) is 3.58. The van der Waals surface area contributed by atoms with E-state index >= 15 is 0 Å². The van der Waals surface area contributed by atoms with Crippen molar-refractivity contribution in [2.75, 3.05) is 0 Å². The van der Waals surface area contributed by atoms with Crippen molar-refractivity contribution in [1.82, 2.24) is 0 Å². The van der Waals surface area contributed by atoms with E-state index < -0.39 is 0 Å². The van der Waals surface area contributed by atoms with Gasteiger partial charge in [0.05, 0.1) is 6.34 Å². The zero-order valence-corrected chi connectivity index (χ0v) is 7.46. The van der Waals surface area contributed by atoms with Gasteiger partial charge < -0.3 is 5.73 Å². The number of allylic oxidation sites excluding steroid dienone is 3. The molecule has 0 saturated carbocycles. The van der Waals surface area contributed by atoms with E-state index in [0.717, 1.165) is 5.70 Å². The first-order chi connectivity index (χ1) is 5.02. The van der Waals surface area contributed by atoms with Crippen molar-refractivity contribution in [1.29, 1.82) is 0 Å². The average Bonchev–Trinajstić information content (AvgIpc) is 1.85. The summed E-state index contributed by atoms with van der Waals surface area (Å²) in [4.78, 5) is 4.03. The molecule has 0 bridgehead atoms. The molecule has 0 aromatic carbocycles. The van der Waals surface area contributed by atoms with Crippen LogP contribution >= 0.6 is 0 Å². The molecule has 0 aromatic rings. The quantitative estimate of drug-likeness (QED) is 0.367. The van der Waals surface area contributed by atoms with Gasteiger partial charge in [0.25, 0.3) is 0 Å². The molecule has 0 unspecified atom stereocenters. The first-order valence-corrected chi connectivity index (χ1v) is 3.60. The van der Waals surface area contributed by atoms with Gasteiger partial charge in [-0.2, -0.15) is 0 Å². The van der Waals surface area contributed by atoms with E-state index in [9.17, 15) is 0 Å². The molecule has 0 heterocycles. The Bertz CT molecular complexity index is 182. The summed E-state index contributed by atoms with van der Waals surface area (Å²) in [5.74, 6) is 0. The zero-order valence-electron chi connectivity index (χ0n) is 7.46. The van der Waals surface area contributed by atoms with Gasteiger partial charge in [-0.3, -0.25) is 0 Å². The second-order valence-electron chi connectivity index (χ2n) is 3.32. The van der Waals surface area contributed by atoms with Crippen molar-refractivity contribution in [3.63, 3.8) is 0 Å². The summed E-state index contributed by atoms with van der Waals surface area (Å²) in [7, 11) is 0. The molecule has 0 aliphatic heterocycles. The monoisotopic (exact) mass is 152 g/mol. The number of aliphatic imine (C=N–C) groups is 1. The van der Waals surface area contributed by atoms with Crippen LogP contribution in [-0.4, -0.2) is 6.34 Å². The third-order valence-corrected chi connectivity index (χ3v) is 1.26. The van der Waals surface area contributed by atoms with Gasteiger partial charge in [0.15, 0.2) is 0 Å². The maximum atomic E-state index is 5.19. The minimum Gasteiger partial charge on any atom is -0.390 e. The number of nitrogens with zero attached hydrogens (tertiary/aromatic N) is 1. The summed E-state index contributed by atoms with van der Waals surface area (Å²) in [6.45, 7) is 9.84. The highest BCUT2D eigenvalue weighted by molar-refractivity contribution is 5.53. The molecule has 0 aliphatic rings. The van der Waals surface area contributed by atoms with Crippen molar-refractivity contribution in [2.24, 2.45) is 16.1 Å². The smallest absolute Gasteiger partial charge is 0.0856 e. The molecule has 0 saturated heterocycles. The highest BCUT2D eigenvalue weighted by Crippen LogP contribution is 2.25. The summed E-state index contributed by atoms with van der Waals surface area (Å²) < 4.78 is 0. The Morgan fingerprint density at radius 2 is 2.00 bits per heavy atom. The molecule has 0 atom stereocenters. The summed E-state index contributed by atoms with van der Waals surface area (Å²) in [5.41, 5.74) is 6.16. The van der Waals surface area contributed by atoms with Gasteiger partial charge in [0.2, 0.25) is 0 Å². The highest BCUT2D eigenvalue weighted by atomic mass is 14.8. The van der Waals surface area contributed by atoms with Crippen LogP contribution in [0.2, 0.25) is 0 Å². The molecule has 0 fully saturated rings. The van der Waals surface area contributed by atoms with Crippen LogP contribution in [0.15, 0.2) is 29.4 Å². The Hall–Kier alpha value is -1.05. The van der Waals surface area contributed by atoms with E-state index in [4.69, 9.17) is 5.73 Å². The van der Waals surface area contributed by atoms with E-state index in [1.54, 1.807) is 6.08 Å². The molecular formula is C9H16N2. The fraction of sp³-hybridized carbons (Fsp3) is 0.444. The van der Waals surface area contributed by atoms with Crippen molar-refractivity contribution < 1.29 is 0 Å². The average molecular weight is 152 g/mol. The Balaban J connectivity index is 4.61. The summed E-state index contributed by atoms with van der Waals surface area (Å²) >= 11 is 0. The molecule has 0 spiro atoms. The molecule has 0 rings (SSSR count). The predicted molar refractivity (Wildman–Crippen MR) is 50.4 cm³/mol. The van der Waals surface area contributed by atoms with Crippen molar-refractivity contribution in [3.05, 3.63) is 24.4 Å². The predicted octanol–water partition coefficient (Wildman–Crippen LogP) is 2.09. The topological polar surface area (TPSA) is 38.4 Å². The minimum absolute atomic E-state index is 0.0318. The zero-order chi connectivity index (χ0) is 8.91. The second kappa shape index (κ2) is 3.96. The molecular weight excluding hydrogens is 136 g/mol. The van der Waals surface area contributed by atoms with Gasteiger partial charge >= 0.3 is 0 Å². The van der Waals surface area contributed by atoms with Crippen LogP contribution in [0.4, 0.5) is 0 Å². The Labute approximate surface area is 68.5 Å². The van der Waals surface area contributed by atoms with Gasteiger partial charge in [-0.15, -0.1) is 0 Å². The number of hydrogen-bond acceptors (Lipinski definition) is 1. The van der Waals surface area contributed by atoms with Crippen LogP contribution < -0.4 is 5.73 Å². The highest BCUT2D eigenvalue weighted by Gasteiger charge is 2.14. The van der Waals surface area contributed by atoms with E-state index in [0.29, 0.717) is 0 Å².